The van der Waals surface area contributed by atoms with E-state index in [4.69, 9.17) is 5.11 Å². The SMILES string of the molecule is CCC(C)(NC(=O)NC(C)CSC)C(=O)O. The van der Waals surface area contributed by atoms with Gasteiger partial charge in [0, 0.05) is 11.8 Å². The number of aliphatic carboxylic acids is 1. The summed E-state index contributed by atoms with van der Waals surface area (Å²) in [6.45, 7) is 5.09. The van der Waals surface area contributed by atoms with Crippen molar-refractivity contribution in [3.05, 3.63) is 0 Å². The lowest BCUT2D eigenvalue weighted by molar-refractivity contribution is -0.143. The van der Waals surface area contributed by atoms with Crippen LogP contribution in [0.25, 0.3) is 0 Å². The van der Waals surface area contributed by atoms with Crippen LogP contribution in [-0.4, -0.2) is 40.7 Å². The van der Waals surface area contributed by atoms with Crippen LogP contribution in [0.3, 0.4) is 0 Å². The van der Waals surface area contributed by atoms with Crippen LogP contribution in [0.5, 0.6) is 0 Å². The quantitative estimate of drug-likeness (QED) is 0.662. The van der Waals surface area contributed by atoms with E-state index in [2.05, 4.69) is 10.6 Å². The van der Waals surface area contributed by atoms with Crippen molar-refractivity contribution in [3.8, 4) is 0 Å². The second kappa shape index (κ2) is 6.62. The van der Waals surface area contributed by atoms with Crippen LogP contribution in [0.4, 0.5) is 4.79 Å². The van der Waals surface area contributed by atoms with E-state index in [0.717, 1.165) is 5.75 Å². The van der Waals surface area contributed by atoms with Crippen molar-refractivity contribution in [2.45, 2.75) is 38.8 Å². The Labute approximate surface area is 100 Å². The van der Waals surface area contributed by atoms with Gasteiger partial charge in [0.05, 0.1) is 0 Å². The Morgan fingerprint density at radius 2 is 2.06 bits per heavy atom. The fourth-order valence-corrected chi connectivity index (χ4v) is 1.68. The first kappa shape index (κ1) is 15.1. The zero-order valence-corrected chi connectivity index (χ0v) is 11.0. The molecule has 0 aromatic rings. The first-order valence-electron chi connectivity index (χ1n) is 5.16. The Balaban J connectivity index is 4.27. The summed E-state index contributed by atoms with van der Waals surface area (Å²) in [6, 6.07) is -0.418. The molecular formula is C10H20N2O3S. The Morgan fingerprint density at radius 3 is 2.44 bits per heavy atom. The van der Waals surface area contributed by atoms with E-state index in [1.165, 1.54) is 6.92 Å². The molecule has 0 aromatic heterocycles. The molecule has 16 heavy (non-hydrogen) atoms. The molecule has 94 valence electrons. The van der Waals surface area contributed by atoms with Gasteiger partial charge in [-0.15, -0.1) is 0 Å². The predicted molar refractivity (Wildman–Crippen MR) is 65.8 cm³/mol. The second-order valence-corrected chi connectivity index (χ2v) is 4.86. The van der Waals surface area contributed by atoms with Crippen molar-refractivity contribution < 1.29 is 14.7 Å². The number of carbonyl (C=O) groups excluding carboxylic acids is 1. The van der Waals surface area contributed by atoms with Crippen LogP contribution in [-0.2, 0) is 4.79 Å². The van der Waals surface area contributed by atoms with Crippen molar-refractivity contribution in [3.63, 3.8) is 0 Å². The number of amides is 2. The number of hydrogen-bond acceptors (Lipinski definition) is 3. The van der Waals surface area contributed by atoms with E-state index in [1.807, 2.05) is 13.2 Å². The minimum absolute atomic E-state index is 0.0184. The molecule has 0 radical (unpaired) electrons. The summed E-state index contributed by atoms with van der Waals surface area (Å²) in [6.07, 6.45) is 2.29. The highest BCUT2D eigenvalue weighted by Gasteiger charge is 2.32. The van der Waals surface area contributed by atoms with Crippen LogP contribution in [0.15, 0.2) is 0 Å². The van der Waals surface area contributed by atoms with Gasteiger partial charge in [0.1, 0.15) is 5.54 Å². The molecule has 0 aliphatic carbocycles. The molecule has 0 aromatic carbocycles. The molecule has 0 aliphatic heterocycles. The van der Waals surface area contributed by atoms with E-state index in [-0.39, 0.29) is 6.04 Å². The summed E-state index contributed by atoms with van der Waals surface area (Å²) >= 11 is 1.62. The highest BCUT2D eigenvalue weighted by atomic mass is 32.2. The van der Waals surface area contributed by atoms with Crippen molar-refractivity contribution in [2.24, 2.45) is 0 Å². The molecule has 2 atom stereocenters. The fraction of sp³-hybridized carbons (Fsp3) is 0.800. The summed E-state index contributed by atoms with van der Waals surface area (Å²) in [7, 11) is 0. The van der Waals surface area contributed by atoms with Crippen molar-refractivity contribution in [2.75, 3.05) is 12.0 Å². The number of nitrogens with one attached hydrogen (secondary N) is 2. The standard InChI is InChI=1S/C10H20N2O3S/c1-5-10(3,8(13)14)12-9(15)11-7(2)6-16-4/h7H,5-6H2,1-4H3,(H,13,14)(H2,11,12,15). The van der Waals surface area contributed by atoms with Gasteiger partial charge in [-0.1, -0.05) is 6.92 Å². The van der Waals surface area contributed by atoms with Gasteiger partial charge in [-0.05, 0) is 26.5 Å². The number of urea groups is 1. The average Bonchev–Trinajstić information content (AvgIpc) is 2.17. The molecule has 0 rings (SSSR count). The Hall–Kier alpha value is -0.910. The predicted octanol–water partition coefficient (Wildman–Crippen LogP) is 1.29. The number of carboxylic acids is 1. The third kappa shape index (κ3) is 4.74. The molecule has 5 nitrogen and oxygen atoms in total. The largest absolute Gasteiger partial charge is 0.480 e. The van der Waals surface area contributed by atoms with E-state index in [9.17, 15) is 9.59 Å². The lowest BCUT2D eigenvalue weighted by Gasteiger charge is -2.25. The number of rotatable bonds is 6. The minimum atomic E-state index is -1.21. The monoisotopic (exact) mass is 248 g/mol. The van der Waals surface area contributed by atoms with Crippen LogP contribution < -0.4 is 10.6 Å². The van der Waals surface area contributed by atoms with Gasteiger partial charge in [0.15, 0.2) is 0 Å². The van der Waals surface area contributed by atoms with Crippen molar-refractivity contribution >= 4 is 23.8 Å². The molecule has 0 saturated carbocycles. The molecule has 0 saturated heterocycles. The van der Waals surface area contributed by atoms with Gasteiger partial charge < -0.3 is 15.7 Å². The molecule has 6 heteroatoms. The molecule has 0 heterocycles. The zero-order valence-electron chi connectivity index (χ0n) is 10.2. The summed E-state index contributed by atoms with van der Waals surface area (Å²) in [4.78, 5) is 22.5. The highest BCUT2D eigenvalue weighted by molar-refractivity contribution is 7.98. The summed E-state index contributed by atoms with van der Waals surface area (Å²) < 4.78 is 0. The number of hydrogen-bond donors (Lipinski definition) is 3. The topological polar surface area (TPSA) is 78.4 Å². The summed E-state index contributed by atoms with van der Waals surface area (Å²) in [5, 5.41) is 14.1. The van der Waals surface area contributed by atoms with Gasteiger partial charge in [-0.3, -0.25) is 0 Å². The molecule has 0 aliphatic rings. The van der Waals surface area contributed by atoms with Gasteiger partial charge in [-0.25, -0.2) is 9.59 Å². The third-order valence-electron chi connectivity index (χ3n) is 2.36. The molecule has 0 fully saturated rings. The normalized spacial score (nSPS) is 16.0. The van der Waals surface area contributed by atoms with E-state index in [1.54, 1.807) is 18.7 Å². The van der Waals surface area contributed by atoms with Crippen LogP contribution in [0.2, 0.25) is 0 Å². The highest BCUT2D eigenvalue weighted by Crippen LogP contribution is 2.08. The van der Waals surface area contributed by atoms with Crippen molar-refractivity contribution in [1.82, 2.24) is 10.6 Å². The Kier molecular flexibility index (Phi) is 6.25. The maximum absolute atomic E-state index is 11.5. The zero-order chi connectivity index (χ0) is 12.8. The fourth-order valence-electron chi connectivity index (χ4n) is 1.10. The lowest BCUT2D eigenvalue weighted by atomic mass is 10.00. The van der Waals surface area contributed by atoms with Gasteiger partial charge in [-0.2, -0.15) is 11.8 Å². The first-order chi connectivity index (χ1) is 7.35. The second-order valence-electron chi connectivity index (χ2n) is 3.95. The maximum atomic E-state index is 11.5. The summed E-state index contributed by atoms with van der Waals surface area (Å²) in [5.74, 6) is -0.230. The van der Waals surface area contributed by atoms with E-state index < -0.39 is 17.5 Å². The van der Waals surface area contributed by atoms with Crippen molar-refractivity contribution in [1.29, 1.82) is 0 Å². The van der Waals surface area contributed by atoms with Crippen LogP contribution in [0.1, 0.15) is 27.2 Å². The maximum Gasteiger partial charge on any atom is 0.329 e. The first-order valence-corrected chi connectivity index (χ1v) is 6.56. The van der Waals surface area contributed by atoms with Gasteiger partial charge in [0.25, 0.3) is 0 Å². The van der Waals surface area contributed by atoms with Gasteiger partial charge >= 0.3 is 12.0 Å². The molecular weight excluding hydrogens is 228 g/mol. The van der Waals surface area contributed by atoms with Gasteiger partial charge in [0.2, 0.25) is 0 Å². The van der Waals surface area contributed by atoms with E-state index >= 15 is 0 Å². The van der Waals surface area contributed by atoms with E-state index in [0.29, 0.717) is 6.42 Å². The Bertz CT molecular complexity index is 260. The Morgan fingerprint density at radius 1 is 1.50 bits per heavy atom. The molecule has 2 unspecified atom stereocenters. The lowest BCUT2D eigenvalue weighted by Crippen LogP contribution is -2.56. The number of thioether (sulfide) groups is 1. The third-order valence-corrected chi connectivity index (χ3v) is 3.20. The van der Waals surface area contributed by atoms with Crippen LogP contribution in [0, 0.1) is 0 Å². The average molecular weight is 248 g/mol. The molecule has 2 amide bonds. The molecule has 3 N–H and O–H groups in total. The molecule has 0 spiro atoms. The van der Waals surface area contributed by atoms with Crippen LogP contribution >= 0.6 is 11.8 Å². The summed E-state index contributed by atoms with van der Waals surface area (Å²) in [5.41, 5.74) is -1.21. The smallest absolute Gasteiger partial charge is 0.329 e. The molecule has 0 bridgehead atoms. The minimum Gasteiger partial charge on any atom is -0.480 e. The number of carboxylic acid groups (broad SMARTS) is 1. The number of carbonyl (C=O) groups is 2.